The van der Waals surface area contributed by atoms with E-state index in [-0.39, 0.29) is 29.3 Å². The molecule has 0 bridgehead atoms. The Kier molecular flexibility index (Phi) is 7.69. The first kappa shape index (κ1) is 24.1. The van der Waals surface area contributed by atoms with Crippen LogP contribution in [-0.2, 0) is 17.9 Å². The van der Waals surface area contributed by atoms with Crippen molar-refractivity contribution in [1.29, 1.82) is 0 Å². The number of rotatable bonds is 6. The van der Waals surface area contributed by atoms with Gasteiger partial charge in [0, 0.05) is 0 Å². The average Bonchev–Trinajstić information content (AvgIpc) is 3.03. The van der Waals surface area contributed by atoms with E-state index in [0.717, 1.165) is 34.9 Å². The van der Waals surface area contributed by atoms with E-state index in [9.17, 15) is 18.4 Å². The number of carbonyl (C=O) groups is 2. The molecule has 1 saturated heterocycles. The lowest BCUT2D eigenvalue weighted by Gasteiger charge is -2.13. The summed E-state index contributed by atoms with van der Waals surface area (Å²) in [4.78, 5) is 26.7. The zero-order valence-corrected chi connectivity index (χ0v) is 22.0. The molecule has 0 atom stereocenters. The van der Waals surface area contributed by atoms with Crippen LogP contribution in [0.25, 0.3) is 6.08 Å². The highest BCUT2D eigenvalue weighted by Gasteiger charge is 2.35. The molecule has 1 aliphatic rings. The Morgan fingerprint density at radius 1 is 0.879 bits per heavy atom. The van der Waals surface area contributed by atoms with Crippen molar-refractivity contribution in [2.75, 3.05) is 0 Å². The summed E-state index contributed by atoms with van der Waals surface area (Å²) in [6.07, 6.45) is 1.68. The van der Waals surface area contributed by atoms with Crippen molar-refractivity contribution in [2.24, 2.45) is 0 Å². The molecule has 0 spiro atoms. The van der Waals surface area contributed by atoms with Crippen molar-refractivity contribution in [3.8, 4) is 5.75 Å². The smallest absolute Gasteiger partial charge is 0.293 e. The van der Waals surface area contributed by atoms with Crippen LogP contribution in [0.2, 0.25) is 0 Å². The van der Waals surface area contributed by atoms with E-state index < -0.39 is 0 Å². The second-order valence-electron chi connectivity index (χ2n) is 7.12. The Balaban J connectivity index is 1.49. The van der Waals surface area contributed by atoms with E-state index in [0.29, 0.717) is 22.8 Å². The van der Waals surface area contributed by atoms with Gasteiger partial charge in [0.2, 0.25) is 0 Å². The second-order valence-corrected chi connectivity index (χ2v) is 10.4. The minimum absolute atomic E-state index is 0.0908. The summed E-state index contributed by atoms with van der Waals surface area (Å²) in [5, 5.41) is -0.362. The van der Waals surface area contributed by atoms with Crippen molar-refractivity contribution in [2.45, 2.75) is 13.2 Å². The van der Waals surface area contributed by atoms with Gasteiger partial charge in [-0.25, -0.2) is 8.78 Å². The minimum Gasteiger partial charge on any atom is -0.487 e. The molecule has 2 amide bonds. The van der Waals surface area contributed by atoms with Crippen molar-refractivity contribution in [3.05, 3.63) is 101 Å². The van der Waals surface area contributed by atoms with Gasteiger partial charge >= 0.3 is 0 Å². The molecule has 168 valence electrons. The summed E-state index contributed by atoms with van der Waals surface area (Å²) in [7, 11) is 0. The number of hydrogen-bond acceptors (Lipinski definition) is 4. The number of thioether (sulfide) groups is 1. The third kappa shape index (κ3) is 5.93. The van der Waals surface area contributed by atoms with Gasteiger partial charge in [0.05, 0.1) is 18.6 Å². The average molecular weight is 689 g/mol. The largest absolute Gasteiger partial charge is 0.487 e. The molecule has 0 aromatic heterocycles. The fourth-order valence-corrected chi connectivity index (χ4v) is 6.06. The predicted octanol–water partition coefficient (Wildman–Crippen LogP) is 6.99. The summed E-state index contributed by atoms with van der Waals surface area (Å²) >= 11 is 5.20. The molecule has 3 aromatic rings. The highest BCUT2D eigenvalue weighted by molar-refractivity contribution is 14.1. The molecule has 1 heterocycles. The summed E-state index contributed by atoms with van der Waals surface area (Å²) in [5.74, 6) is -0.352. The molecule has 3 aromatic carbocycles. The Hall–Kier alpha value is -1.99. The lowest BCUT2D eigenvalue weighted by molar-refractivity contribution is -0.123. The predicted molar refractivity (Wildman–Crippen MR) is 141 cm³/mol. The molecule has 0 radical (unpaired) electrons. The van der Waals surface area contributed by atoms with Crippen molar-refractivity contribution in [3.63, 3.8) is 0 Å². The van der Waals surface area contributed by atoms with Crippen LogP contribution in [0.4, 0.5) is 13.6 Å². The van der Waals surface area contributed by atoms with Crippen LogP contribution in [-0.4, -0.2) is 16.0 Å². The van der Waals surface area contributed by atoms with Gasteiger partial charge in [-0.1, -0.05) is 24.3 Å². The minimum atomic E-state index is -0.379. The maximum atomic E-state index is 13.1. The molecule has 9 heteroatoms. The summed E-state index contributed by atoms with van der Waals surface area (Å²) in [6.45, 7) is 0.390. The van der Waals surface area contributed by atoms with E-state index in [1.54, 1.807) is 30.3 Å². The van der Waals surface area contributed by atoms with Crippen LogP contribution in [0.15, 0.2) is 65.6 Å². The highest BCUT2D eigenvalue weighted by atomic mass is 127. The summed E-state index contributed by atoms with van der Waals surface area (Å²) < 4.78 is 33.8. The molecule has 1 fully saturated rings. The quantitative estimate of drug-likeness (QED) is 0.207. The van der Waals surface area contributed by atoms with E-state index in [1.165, 1.54) is 24.3 Å². The fraction of sp³-hybridized carbons (Fsp3) is 0.0833. The molecule has 0 saturated carbocycles. The van der Waals surface area contributed by atoms with Crippen LogP contribution >= 0.6 is 56.9 Å². The Morgan fingerprint density at radius 3 is 2.00 bits per heavy atom. The van der Waals surface area contributed by atoms with Crippen LogP contribution in [0, 0.1) is 18.8 Å². The maximum Gasteiger partial charge on any atom is 0.293 e. The van der Waals surface area contributed by atoms with Gasteiger partial charge in [0.15, 0.2) is 0 Å². The third-order valence-corrected chi connectivity index (χ3v) is 7.25. The fourth-order valence-electron chi connectivity index (χ4n) is 3.10. The van der Waals surface area contributed by atoms with Crippen molar-refractivity contribution in [1.82, 2.24) is 4.90 Å². The number of carbonyl (C=O) groups excluding carboxylic acids is 2. The maximum absolute atomic E-state index is 13.1. The van der Waals surface area contributed by atoms with Gasteiger partial charge < -0.3 is 4.74 Å². The van der Waals surface area contributed by atoms with Crippen LogP contribution in [0.5, 0.6) is 5.75 Å². The van der Waals surface area contributed by atoms with Gasteiger partial charge in [-0.2, -0.15) is 0 Å². The highest BCUT2D eigenvalue weighted by Crippen LogP contribution is 2.35. The first-order valence-corrected chi connectivity index (χ1v) is 12.6. The van der Waals surface area contributed by atoms with Crippen molar-refractivity contribution >= 4 is 74.2 Å². The molecule has 4 rings (SSSR count). The number of hydrogen-bond donors (Lipinski definition) is 0. The first-order valence-electron chi connectivity index (χ1n) is 9.66. The van der Waals surface area contributed by atoms with Gasteiger partial charge in [0.25, 0.3) is 11.1 Å². The van der Waals surface area contributed by atoms with Gasteiger partial charge in [-0.05, 0) is 116 Å². The third-order valence-electron chi connectivity index (χ3n) is 4.74. The van der Waals surface area contributed by atoms with Gasteiger partial charge in [0.1, 0.15) is 24.0 Å². The number of ether oxygens (including phenoxy) is 1. The Bertz CT molecular complexity index is 1220. The summed E-state index contributed by atoms with van der Waals surface area (Å²) in [6, 6.07) is 15.6. The number of halogens is 4. The van der Waals surface area contributed by atoms with E-state index in [1.807, 2.05) is 12.1 Å². The SMILES string of the molecule is O=C1S/C(=C\c2cc(I)c(OCc3ccc(F)cc3)c(I)c2)C(=O)N1Cc1ccc(F)cc1. The number of nitrogens with zero attached hydrogens (tertiary/aromatic N) is 1. The van der Waals surface area contributed by atoms with Crippen LogP contribution in [0.3, 0.4) is 0 Å². The molecule has 0 N–H and O–H groups in total. The number of amides is 2. The lowest BCUT2D eigenvalue weighted by atomic mass is 10.2. The zero-order valence-electron chi connectivity index (χ0n) is 16.9. The zero-order chi connectivity index (χ0) is 23.5. The molecule has 0 unspecified atom stereocenters. The number of benzene rings is 3. The van der Waals surface area contributed by atoms with E-state index in [2.05, 4.69) is 45.2 Å². The summed E-state index contributed by atoms with van der Waals surface area (Å²) in [5.41, 5.74) is 2.29. The molecule has 0 aliphatic carbocycles. The van der Waals surface area contributed by atoms with Crippen LogP contribution < -0.4 is 4.74 Å². The van der Waals surface area contributed by atoms with E-state index in [4.69, 9.17) is 4.74 Å². The molecule has 4 nitrogen and oxygen atoms in total. The van der Waals surface area contributed by atoms with Gasteiger partial charge in [-0.15, -0.1) is 0 Å². The normalized spacial score (nSPS) is 14.9. The number of imide groups is 1. The van der Waals surface area contributed by atoms with Crippen molar-refractivity contribution < 1.29 is 23.1 Å². The molecular weight excluding hydrogens is 674 g/mol. The van der Waals surface area contributed by atoms with E-state index >= 15 is 0 Å². The molecule has 1 aliphatic heterocycles. The Morgan fingerprint density at radius 2 is 1.42 bits per heavy atom. The van der Waals surface area contributed by atoms with Crippen LogP contribution in [0.1, 0.15) is 16.7 Å². The second kappa shape index (κ2) is 10.5. The molecule has 33 heavy (non-hydrogen) atoms. The Labute approximate surface area is 220 Å². The standard InChI is InChI=1S/C24H15F2I2NO3S/c25-17-5-1-14(2-6-17)12-29-23(30)21(33-24(29)31)11-16-9-19(27)22(20(28)10-16)32-13-15-3-7-18(26)8-4-15/h1-11H,12-13H2/b21-11-. The van der Waals surface area contributed by atoms with Gasteiger partial charge in [-0.3, -0.25) is 14.5 Å². The lowest BCUT2D eigenvalue weighted by Crippen LogP contribution is -2.27. The monoisotopic (exact) mass is 689 g/mol. The first-order chi connectivity index (χ1) is 15.8. The molecular formula is C24H15F2I2NO3S. The topological polar surface area (TPSA) is 46.6 Å².